The minimum Gasteiger partial charge on any atom is -0.495 e. The minimum atomic E-state index is -3.42. The van der Waals surface area contributed by atoms with Crippen molar-refractivity contribution >= 4 is 15.8 Å². The van der Waals surface area contributed by atoms with Crippen LogP contribution in [-0.4, -0.2) is 39.4 Å². The first kappa shape index (κ1) is 14.5. The largest absolute Gasteiger partial charge is 0.495 e. The van der Waals surface area contributed by atoms with Gasteiger partial charge in [0, 0.05) is 12.8 Å². The van der Waals surface area contributed by atoms with Gasteiger partial charge in [-0.3, -0.25) is 4.79 Å². The highest BCUT2D eigenvalue weighted by molar-refractivity contribution is 7.90. The van der Waals surface area contributed by atoms with E-state index in [0.717, 1.165) is 6.26 Å². The second-order valence-corrected chi connectivity index (χ2v) is 5.79. The topological polar surface area (TPSA) is 107 Å². The molecule has 0 saturated heterocycles. The maximum absolute atomic E-state index is 11.5. The van der Waals surface area contributed by atoms with Gasteiger partial charge in [-0.15, -0.1) is 0 Å². The molecule has 1 rings (SSSR count). The highest BCUT2D eigenvalue weighted by atomic mass is 32.2. The summed E-state index contributed by atoms with van der Waals surface area (Å²) in [6.45, 7) is -0.0727. The second kappa shape index (κ2) is 5.36. The van der Waals surface area contributed by atoms with Gasteiger partial charge < -0.3 is 15.6 Å². The fourth-order valence-corrected chi connectivity index (χ4v) is 2.41. The van der Waals surface area contributed by atoms with Crippen LogP contribution in [0.15, 0.2) is 23.1 Å². The molecular weight excluding hydrogens is 258 g/mol. The zero-order chi connectivity index (χ0) is 13.9. The fourth-order valence-electron chi connectivity index (χ4n) is 1.59. The highest BCUT2D eigenvalue weighted by Gasteiger charge is 2.21. The fraction of sp³-hybridized carbons (Fsp3) is 0.364. The quantitative estimate of drug-likeness (QED) is 0.795. The molecule has 0 bridgehead atoms. The van der Waals surface area contributed by atoms with Gasteiger partial charge >= 0.3 is 5.97 Å². The smallest absolute Gasteiger partial charge is 0.312 e. The summed E-state index contributed by atoms with van der Waals surface area (Å²) in [6.07, 6.45) is 1.06. The Morgan fingerprint density at radius 3 is 2.50 bits per heavy atom. The van der Waals surface area contributed by atoms with Gasteiger partial charge in [0.15, 0.2) is 9.84 Å². The van der Waals surface area contributed by atoms with E-state index in [-0.39, 0.29) is 17.2 Å². The van der Waals surface area contributed by atoms with Crippen LogP contribution < -0.4 is 10.5 Å². The standard InChI is InChI=1S/C11H15NO5S/c1-17-9-5-7(8(6-12)11(13)14)3-4-10(9)18(2,15)16/h3-5,8H,6,12H2,1-2H3,(H,13,14). The Bertz CT molecular complexity index is 553. The summed E-state index contributed by atoms with van der Waals surface area (Å²) >= 11 is 0. The third-order valence-electron chi connectivity index (χ3n) is 2.52. The number of hydrogen-bond acceptors (Lipinski definition) is 5. The summed E-state index contributed by atoms with van der Waals surface area (Å²) in [6, 6.07) is 4.15. The molecule has 7 heteroatoms. The molecule has 0 amide bonds. The first-order valence-electron chi connectivity index (χ1n) is 5.12. The van der Waals surface area contributed by atoms with Crippen LogP contribution >= 0.6 is 0 Å². The highest BCUT2D eigenvalue weighted by Crippen LogP contribution is 2.28. The number of nitrogens with two attached hydrogens (primary N) is 1. The van der Waals surface area contributed by atoms with E-state index in [9.17, 15) is 13.2 Å². The van der Waals surface area contributed by atoms with Crippen molar-refractivity contribution in [2.24, 2.45) is 5.73 Å². The Labute approximate surface area is 105 Å². The molecule has 1 aromatic carbocycles. The van der Waals surface area contributed by atoms with Gasteiger partial charge in [0.1, 0.15) is 10.6 Å². The van der Waals surface area contributed by atoms with E-state index in [1.807, 2.05) is 0 Å². The summed E-state index contributed by atoms with van der Waals surface area (Å²) in [5.41, 5.74) is 5.79. The molecule has 0 radical (unpaired) electrons. The number of ether oxygens (including phenoxy) is 1. The zero-order valence-corrected chi connectivity index (χ0v) is 10.9. The van der Waals surface area contributed by atoms with Crippen LogP contribution in [0, 0.1) is 0 Å². The maximum atomic E-state index is 11.5. The van der Waals surface area contributed by atoms with E-state index in [1.165, 1.54) is 25.3 Å². The van der Waals surface area contributed by atoms with Crippen molar-refractivity contribution in [2.45, 2.75) is 10.8 Å². The van der Waals surface area contributed by atoms with Crippen LogP contribution in [-0.2, 0) is 14.6 Å². The SMILES string of the molecule is COc1cc(C(CN)C(=O)O)ccc1S(C)(=O)=O. The molecule has 0 aliphatic heterocycles. The van der Waals surface area contributed by atoms with E-state index >= 15 is 0 Å². The van der Waals surface area contributed by atoms with Crippen LogP contribution in [0.4, 0.5) is 0 Å². The molecule has 6 nitrogen and oxygen atoms in total. The Morgan fingerprint density at radius 1 is 1.50 bits per heavy atom. The van der Waals surface area contributed by atoms with E-state index in [0.29, 0.717) is 5.56 Å². The normalized spacial score (nSPS) is 13.1. The molecule has 0 spiro atoms. The molecule has 0 aromatic heterocycles. The van der Waals surface area contributed by atoms with Gasteiger partial charge in [0.25, 0.3) is 0 Å². The predicted octanol–water partition coefficient (Wildman–Crippen LogP) is 0.226. The zero-order valence-electron chi connectivity index (χ0n) is 10.1. The number of carboxylic acids is 1. The van der Waals surface area contributed by atoms with Crippen molar-refractivity contribution in [3.8, 4) is 5.75 Å². The molecule has 3 N–H and O–H groups in total. The molecule has 1 atom stereocenters. The number of carboxylic acid groups (broad SMARTS) is 1. The predicted molar refractivity (Wildman–Crippen MR) is 65.5 cm³/mol. The Kier molecular flexibility index (Phi) is 4.31. The summed E-state index contributed by atoms with van der Waals surface area (Å²) in [4.78, 5) is 11.0. The molecular formula is C11H15NO5S. The lowest BCUT2D eigenvalue weighted by atomic mass is 9.99. The summed E-state index contributed by atoms with van der Waals surface area (Å²) in [5.74, 6) is -1.83. The van der Waals surface area contributed by atoms with Gasteiger partial charge in [-0.1, -0.05) is 6.07 Å². The van der Waals surface area contributed by atoms with Crippen molar-refractivity contribution in [1.82, 2.24) is 0 Å². The minimum absolute atomic E-state index is 0.0231. The third-order valence-corrected chi connectivity index (χ3v) is 3.66. The van der Waals surface area contributed by atoms with Gasteiger partial charge in [0.2, 0.25) is 0 Å². The van der Waals surface area contributed by atoms with Crippen LogP contribution in [0.1, 0.15) is 11.5 Å². The first-order chi connectivity index (χ1) is 8.31. The number of hydrogen-bond donors (Lipinski definition) is 2. The lowest BCUT2D eigenvalue weighted by molar-refractivity contribution is -0.138. The average molecular weight is 273 g/mol. The maximum Gasteiger partial charge on any atom is 0.312 e. The molecule has 100 valence electrons. The Morgan fingerprint density at radius 2 is 2.11 bits per heavy atom. The number of methoxy groups -OCH3 is 1. The van der Waals surface area contributed by atoms with Crippen LogP contribution in [0.25, 0.3) is 0 Å². The molecule has 1 unspecified atom stereocenters. The third kappa shape index (κ3) is 2.99. The van der Waals surface area contributed by atoms with Crippen molar-refractivity contribution in [1.29, 1.82) is 0 Å². The number of carbonyl (C=O) groups is 1. The Balaban J connectivity index is 3.34. The average Bonchev–Trinajstić information content (AvgIpc) is 2.27. The summed E-state index contributed by atoms with van der Waals surface area (Å²) < 4.78 is 27.9. The molecule has 0 aliphatic rings. The monoisotopic (exact) mass is 273 g/mol. The van der Waals surface area contributed by atoms with Crippen LogP contribution in [0.3, 0.4) is 0 Å². The lowest BCUT2D eigenvalue weighted by Crippen LogP contribution is -2.21. The molecule has 1 aromatic rings. The molecule has 0 heterocycles. The van der Waals surface area contributed by atoms with Crippen molar-refractivity contribution in [3.63, 3.8) is 0 Å². The first-order valence-corrected chi connectivity index (χ1v) is 7.01. The number of benzene rings is 1. The molecule has 0 saturated carbocycles. The van der Waals surface area contributed by atoms with E-state index in [1.54, 1.807) is 0 Å². The number of aliphatic carboxylic acids is 1. The van der Waals surface area contributed by atoms with Crippen molar-refractivity contribution < 1.29 is 23.1 Å². The Hall–Kier alpha value is -1.60. The summed E-state index contributed by atoms with van der Waals surface area (Å²) in [5, 5.41) is 8.98. The molecule has 18 heavy (non-hydrogen) atoms. The van der Waals surface area contributed by atoms with Gasteiger partial charge in [-0.2, -0.15) is 0 Å². The van der Waals surface area contributed by atoms with Gasteiger partial charge in [-0.25, -0.2) is 8.42 Å². The number of sulfone groups is 1. The summed E-state index contributed by atoms with van der Waals surface area (Å²) in [7, 11) is -2.09. The second-order valence-electron chi connectivity index (χ2n) is 3.81. The molecule has 0 aliphatic carbocycles. The molecule has 0 fully saturated rings. The van der Waals surface area contributed by atoms with E-state index < -0.39 is 21.7 Å². The van der Waals surface area contributed by atoms with Crippen LogP contribution in [0.5, 0.6) is 5.75 Å². The van der Waals surface area contributed by atoms with Crippen molar-refractivity contribution in [2.75, 3.05) is 19.9 Å². The van der Waals surface area contributed by atoms with Crippen molar-refractivity contribution in [3.05, 3.63) is 23.8 Å². The van der Waals surface area contributed by atoms with E-state index in [4.69, 9.17) is 15.6 Å². The lowest BCUT2D eigenvalue weighted by Gasteiger charge is -2.13. The van der Waals surface area contributed by atoms with Crippen LogP contribution in [0.2, 0.25) is 0 Å². The van der Waals surface area contributed by atoms with E-state index in [2.05, 4.69) is 0 Å². The van der Waals surface area contributed by atoms with Gasteiger partial charge in [0.05, 0.1) is 13.0 Å². The van der Waals surface area contributed by atoms with Gasteiger partial charge in [-0.05, 0) is 17.7 Å². The number of rotatable bonds is 5.